The summed E-state index contributed by atoms with van der Waals surface area (Å²) in [6, 6.07) is 12.0. The predicted octanol–water partition coefficient (Wildman–Crippen LogP) is 2.04. The van der Waals surface area contributed by atoms with Crippen LogP contribution in [0.1, 0.15) is 10.4 Å². The molecular formula is C18H13N5O5. The van der Waals surface area contributed by atoms with E-state index in [-0.39, 0.29) is 22.8 Å². The molecule has 0 fully saturated rings. The van der Waals surface area contributed by atoms with Crippen molar-refractivity contribution in [2.24, 2.45) is 10.2 Å². The van der Waals surface area contributed by atoms with Gasteiger partial charge in [-0.1, -0.05) is 18.2 Å². The minimum Gasteiger partial charge on any atom is -0.595 e. The molecule has 4 aromatic rings. The molecule has 0 saturated carbocycles. The van der Waals surface area contributed by atoms with Crippen LogP contribution in [0.5, 0.6) is 5.88 Å². The normalized spacial score (nSPS) is 12.8. The van der Waals surface area contributed by atoms with Crippen LogP contribution >= 0.6 is 0 Å². The summed E-state index contributed by atoms with van der Waals surface area (Å²) in [5.74, 6) is -1.13. The number of aromatic hydroxyl groups is 1. The molecule has 140 valence electrons. The molecule has 10 heteroatoms. The molecule has 0 aliphatic carbocycles. The van der Waals surface area contributed by atoms with Gasteiger partial charge < -0.3 is 20.3 Å². The van der Waals surface area contributed by atoms with Gasteiger partial charge in [0.15, 0.2) is 11.4 Å². The van der Waals surface area contributed by atoms with E-state index in [1.54, 1.807) is 24.3 Å². The quantitative estimate of drug-likeness (QED) is 0.272. The Morgan fingerprint density at radius 1 is 1.04 bits per heavy atom. The second-order valence-electron chi connectivity index (χ2n) is 5.99. The summed E-state index contributed by atoms with van der Waals surface area (Å²) in [7, 11) is 0. The molecule has 10 nitrogen and oxygen atoms in total. The van der Waals surface area contributed by atoms with Gasteiger partial charge in [-0.15, -0.1) is 10.2 Å². The van der Waals surface area contributed by atoms with Crippen molar-refractivity contribution in [1.82, 2.24) is 9.97 Å². The lowest BCUT2D eigenvalue weighted by Crippen LogP contribution is -2.99. The molecule has 2 aromatic heterocycles. The monoisotopic (exact) mass is 379 g/mol. The predicted molar refractivity (Wildman–Crippen MR) is 99.2 cm³/mol. The Bertz CT molecular complexity index is 1300. The maximum absolute atomic E-state index is 12.5. The highest BCUT2D eigenvalue weighted by atomic mass is 16.8. The summed E-state index contributed by atoms with van der Waals surface area (Å²) in [6.45, 7) is 0. The number of hydrogen-bond acceptors (Lipinski definition) is 6. The molecule has 2 heterocycles. The third-order valence-corrected chi connectivity index (χ3v) is 4.22. The summed E-state index contributed by atoms with van der Waals surface area (Å²) in [6.07, 6.45) is 0. The van der Waals surface area contributed by atoms with Crippen molar-refractivity contribution in [3.05, 3.63) is 69.7 Å². The van der Waals surface area contributed by atoms with E-state index < -0.39 is 16.7 Å². The van der Waals surface area contributed by atoms with Gasteiger partial charge in [-0.3, -0.25) is 9.59 Å². The van der Waals surface area contributed by atoms with Gasteiger partial charge in [0.25, 0.3) is 5.91 Å². The van der Waals surface area contributed by atoms with Gasteiger partial charge in [-0.25, -0.2) is 5.21 Å². The van der Waals surface area contributed by atoms with Crippen LogP contribution in [0.25, 0.3) is 21.8 Å². The highest BCUT2D eigenvalue weighted by Crippen LogP contribution is 2.36. The molecule has 0 aliphatic rings. The van der Waals surface area contributed by atoms with E-state index in [4.69, 9.17) is 5.21 Å². The van der Waals surface area contributed by atoms with Gasteiger partial charge in [-0.05, 0) is 12.1 Å². The topological polar surface area (TPSA) is 158 Å². The summed E-state index contributed by atoms with van der Waals surface area (Å²) >= 11 is 0. The van der Waals surface area contributed by atoms with Crippen LogP contribution in [-0.2, 0) is 0 Å². The smallest absolute Gasteiger partial charge is 0.296 e. The number of benzene rings is 2. The van der Waals surface area contributed by atoms with E-state index in [0.717, 1.165) is 6.07 Å². The highest BCUT2D eigenvalue weighted by Gasteiger charge is 2.15. The van der Waals surface area contributed by atoms with E-state index in [1.807, 2.05) is 0 Å². The second-order valence-corrected chi connectivity index (χ2v) is 5.99. The number of aromatic amines is 2. The third-order valence-electron chi connectivity index (χ3n) is 4.22. The van der Waals surface area contributed by atoms with Crippen LogP contribution in [0.15, 0.2) is 63.6 Å². The lowest BCUT2D eigenvalue weighted by Gasteiger charge is -2.10. The van der Waals surface area contributed by atoms with Crippen LogP contribution < -0.4 is 10.8 Å². The zero-order chi connectivity index (χ0) is 19.8. The second kappa shape index (κ2) is 6.70. The van der Waals surface area contributed by atoms with Gasteiger partial charge in [-0.2, -0.15) is 5.23 Å². The van der Waals surface area contributed by atoms with Gasteiger partial charge in [0.2, 0.25) is 11.4 Å². The number of azo groups is 1. The Morgan fingerprint density at radius 3 is 2.57 bits per heavy atom. The molecular weight excluding hydrogens is 366 g/mol. The molecule has 1 amide bonds. The number of nitrogens with zero attached hydrogens (tertiary/aromatic N) is 2. The number of carbonyl (C=O) groups excluding carboxylic acids is 1. The fourth-order valence-corrected chi connectivity index (χ4v) is 2.93. The van der Waals surface area contributed by atoms with E-state index in [1.165, 1.54) is 18.2 Å². The van der Waals surface area contributed by atoms with Gasteiger partial charge in [0.1, 0.15) is 0 Å². The number of carbonyl (C=O) groups is 1. The number of rotatable bonds is 3. The van der Waals surface area contributed by atoms with Crippen LogP contribution in [0.4, 0.5) is 11.4 Å². The van der Waals surface area contributed by atoms with E-state index in [9.17, 15) is 19.9 Å². The summed E-state index contributed by atoms with van der Waals surface area (Å²) in [5, 5.41) is 37.4. The van der Waals surface area contributed by atoms with Crippen LogP contribution in [-0.4, -0.2) is 26.2 Å². The Labute approximate surface area is 155 Å². The number of amides is 1. The molecule has 0 aliphatic heterocycles. The summed E-state index contributed by atoms with van der Waals surface area (Å²) in [5.41, 5.74) is 0.447. The molecule has 1 atom stereocenters. The molecule has 0 saturated heterocycles. The van der Waals surface area contributed by atoms with E-state index in [0.29, 0.717) is 21.8 Å². The first-order valence-corrected chi connectivity index (χ1v) is 8.10. The van der Waals surface area contributed by atoms with Crippen LogP contribution in [0.2, 0.25) is 0 Å². The molecule has 0 bridgehead atoms. The van der Waals surface area contributed by atoms with E-state index in [2.05, 4.69) is 20.2 Å². The zero-order valence-corrected chi connectivity index (χ0v) is 14.1. The molecule has 4 rings (SSSR count). The van der Waals surface area contributed by atoms with Crippen molar-refractivity contribution in [3.8, 4) is 5.88 Å². The van der Waals surface area contributed by atoms with Gasteiger partial charge in [0.05, 0.1) is 11.1 Å². The average Bonchev–Trinajstić information content (AvgIpc) is 2.99. The molecule has 0 radical (unpaired) electrons. The lowest BCUT2D eigenvalue weighted by atomic mass is 10.1. The minimum absolute atomic E-state index is 0.00476. The maximum atomic E-state index is 12.5. The Kier molecular flexibility index (Phi) is 4.20. The first kappa shape index (κ1) is 17.5. The standard InChI is InChI=1S/C18H13N5O5/c24-15-8-11(10-3-1-2-4-13(10)19-15)17(25)22-21-16-12-7-9(23(27)28)5-6-14(12)20-18(16)26/h1-8,20,23,26-27H,(H,19,24). The molecule has 5 N–H and O–H groups in total. The number of nitrogens with one attached hydrogen (secondary N) is 3. The number of H-pyrrole nitrogens is 2. The fraction of sp³-hybridized carbons (Fsp3) is 0. The minimum atomic E-state index is -1.14. The van der Waals surface area contributed by atoms with Crippen molar-refractivity contribution in [2.75, 3.05) is 0 Å². The summed E-state index contributed by atoms with van der Waals surface area (Å²) in [4.78, 5) is 29.6. The van der Waals surface area contributed by atoms with Crippen molar-refractivity contribution < 1.29 is 20.3 Å². The molecule has 28 heavy (non-hydrogen) atoms. The SMILES string of the molecule is O=C(N=Nc1c(O)[nH]c2ccc([NH+]([O-])O)cc12)c1cc(=O)[nH]c2ccccc12. The van der Waals surface area contributed by atoms with Crippen LogP contribution in [0, 0.1) is 5.21 Å². The van der Waals surface area contributed by atoms with Crippen molar-refractivity contribution in [1.29, 1.82) is 0 Å². The van der Waals surface area contributed by atoms with Crippen molar-refractivity contribution >= 4 is 39.1 Å². The first-order valence-electron chi connectivity index (χ1n) is 8.10. The van der Waals surface area contributed by atoms with Crippen molar-refractivity contribution in [2.45, 2.75) is 0 Å². The lowest BCUT2D eigenvalue weighted by molar-refractivity contribution is -0.991. The number of para-hydroxylation sites is 1. The zero-order valence-electron chi connectivity index (χ0n) is 14.1. The maximum Gasteiger partial charge on any atom is 0.296 e. The average molecular weight is 379 g/mol. The third kappa shape index (κ3) is 3.03. The van der Waals surface area contributed by atoms with Crippen molar-refractivity contribution in [3.63, 3.8) is 0 Å². The number of fused-ring (bicyclic) bond motifs is 2. The number of pyridine rings is 1. The molecule has 0 spiro atoms. The largest absolute Gasteiger partial charge is 0.595 e. The Balaban J connectivity index is 1.78. The Hall–Kier alpha value is -3.86. The fourth-order valence-electron chi connectivity index (χ4n) is 2.93. The number of aromatic nitrogens is 2. The first-order chi connectivity index (χ1) is 13.4. The Morgan fingerprint density at radius 2 is 1.79 bits per heavy atom. The van der Waals surface area contributed by atoms with E-state index >= 15 is 0 Å². The summed E-state index contributed by atoms with van der Waals surface area (Å²) < 4.78 is 0. The number of quaternary nitrogens is 1. The molecule has 2 aromatic carbocycles. The van der Waals surface area contributed by atoms with Gasteiger partial charge >= 0.3 is 0 Å². The van der Waals surface area contributed by atoms with Crippen LogP contribution in [0.3, 0.4) is 0 Å². The highest BCUT2D eigenvalue weighted by molar-refractivity contribution is 6.06. The molecule has 1 unspecified atom stereocenters. The number of hydrogen-bond donors (Lipinski definition) is 5. The van der Waals surface area contributed by atoms with Gasteiger partial charge in [0, 0.05) is 34.5 Å².